The van der Waals surface area contributed by atoms with E-state index in [-0.39, 0.29) is 63.6 Å². The van der Waals surface area contributed by atoms with Gasteiger partial charge < -0.3 is 23.7 Å². The van der Waals surface area contributed by atoms with Crippen molar-refractivity contribution in [3.63, 3.8) is 0 Å². The monoisotopic (exact) mass is 512 g/mol. The maximum Gasteiger partial charge on any atom is 0.323 e. The van der Waals surface area contributed by atoms with Crippen LogP contribution in [0.25, 0.3) is 0 Å². The molecule has 1 aliphatic carbocycles. The summed E-state index contributed by atoms with van der Waals surface area (Å²) in [7, 11) is 5.77. The lowest BCUT2D eigenvalue weighted by atomic mass is 9.75. The minimum Gasteiger partial charge on any atom is -0.469 e. The van der Waals surface area contributed by atoms with Gasteiger partial charge >= 0.3 is 29.8 Å². The standard InChI is InChI=1S/C25H36O11/c1-32-19(27)17-10-6-7-12-24(20(28)33-2,21(29)34-3)13-8-9-14-25(22(30)35-4,23(31)36-5)15-11-18(26)16-17/h6-7,17H,8-16H2,1-5H3/b7-6+. The Kier molecular flexibility index (Phi) is 12.3. The van der Waals surface area contributed by atoms with Crippen LogP contribution in [0.15, 0.2) is 12.2 Å². The second-order valence-electron chi connectivity index (χ2n) is 8.71. The first kappa shape index (κ1) is 30.8. The van der Waals surface area contributed by atoms with E-state index in [9.17, 15) is 28.8 Å². The molecule has 11 nitrogen and oxygen atoms in total. The Labute approximate surface area is 210 Å². The van der Waals surface area contributed by atoms with E-state index in [4.69, 9.17) is 23.7 Å². The van der Waals surface area contributed by atoms with Crippen LogP contribution in [-0.2, 0) is 52.5 Å². The predicted molar refractivity (Wildman–Crippen MR) is 124 cm³/mol. The fourth-order valence-electron chi connectivity index (χ4n) is 4.51. The average molecular weight is 513 g/mol. The van der Waals surface area contributed by atoms with Crippen LogP contribution in [-0.4, -0.2) is 71.2 Å². The van der Waals surface area contributed by atoms with Gasteiger partial charge in [-0.2, -0.15) is 0 Å². The third kappa shape index (κ3) is 7.14. The van der Waals surface area contributed by atoms with Crippen LogP contribution in [0.5, 0.6) is 0 Å². The van der Waals surface area contributed by atoms with Gasteiger partial charge in [-0.15, -0.1) is 0 Å². The first-order chi connectivity index (χ1) is 17.1. The SMILES string of the molecule is COC(=O)C1C/C=C/CC(C(=O)OC)(C(=O)OC)CCCCC(C(=O)OC)(C(=O)OC)CCC(=O)C1. The Morgan fingerprint density at radius 1 is 0.694 bits per heavy atom. The quantitative estimate of drug-likeness (QED) is 0.231. The molecule has 0 radical (unpaired) electrons. The number of hydrogen-bond acceptors (Lipinski definition) is 11. The summed E-state index contributed by atoms with van der Waals surface area (Å²) in [6, 6.07) is 0. The lowest BCUT2D eigenvalue weighted by Gasteiger charge is -2.29. The minimum atomic E-state index is -1.77. The summed E-state index contributed by atoms with van der Waals surface area (Å²) in [5.41, 5.74) is -3.44. The topological polar surface area (TPSA) is 149 Å². The summed E-state index contributed by atoms with van der Waals surface area (Å²) in [4.78, 5) is 76.1. The number of ketones is 1. The molecule has 0 aromatic carbocycles. The van der Waals surface area contributed by atoms with E-state index in [0.29, 0.717) is 0 Å². The molecule has 36 heavy (non-hydrogen) atoms. The Bertz CT molecular complexity index is 826. The van der Waals surface area contributed by atoms with E-state index in [1.165, 1.54) is 7.11 Å². The largest absolute Gasteiger partial charge is 0.469 e. The highest BCUT2D eigenvalue weighted by molar-refractivity contribution is 6.01. The number of methoxy groups -OCH3 is 5. The summed E-state index contributed by atoms with van der Waals surface area (Å²) < 4.78 is 24.4. The fourth-order valence-corrected chi connectivity index (χ4v) is 4.51. The third-order valence-corrected chi connectivity index (χ3v) is 6.65. The van der Waals surface area contributed by atoms with Crippen molar-refractivity contribution in [1.82, 2.24) is 0 Å². The molecule has 0 amide bonds. The maximum atomic E-state index is 12.8. The highest BCUT2D eigenvalue weighted by Gasteiger charge is 2.50. The van der Waals surface area contributed by atoms with E-state index < -0.39 is 46.6 Å². The molecular weight excluding hydrogens is 476 g/mol. The molecule has 0 bridgehead atoms. The average Bonchev–Trinajstić information content (AvgIpc) is 2.90. The van der Waals surface area contributed by atoms with Crippen LogP contribution in [0.2, 0.25) is 0 Å². The summed E-state index contributed by atoms with van der Waals surface area (Å²) >= 11 is 0. The van der Waals surface area contributed by atoms with Gasteiger partial charge in [-0.3, -0.25) is 28.8 Å². The number of carbonyl (C=O) groups is 6. The van der Waals surface area contributed by atoms with Crippen LogP contribution in [0.3, 0.4) is 0 Å². The van der Waals surface area contributed by atoms with Gasteiger partial charge in [-0.25, -0.2) is 0 Å². The summed E-state index contributed by atoms with van der Waals surface area (Å²) in [6.07, 6.45) is 3.09. The smallest absolute Gasteiger partial charge is 0.323 e. The van der Waals surface area contributed by atoms with Gasteiger partial charge in [0, 0.05) is 12.8 Å². The molecule has 1 rings (SSSR count). The van der Waals surface area contributed by atoms with Gasteiger partial charge in [0.15, 0.2) is 10.8 Å². The molecule has 0 spiro atoms. The first-order valence-corrected chi connectivity index (χ1v) is 11.7. The maximum absolute atomic E-state index is 12.8. The van der Waals surface area contributed by atoms with Gasteiger partial charge in [-0.1, -0.05) is 25.0 Å². The van der Waals surface area contributed by atoms with Crippen LogP contribution in [0.4, 0.5) is 0 Å². The molecular formula is C25H36O11. The van der Waals surface area contributed by atoms with Crippen molar-refractivity contribution in [2.45, 2.75) is 57.8 Å². The number of hydrogen-bond donors (Lipinski definition) is 0. The second kappa shape index (κ2) is 14.4. The molecule has 0 fully saturated rings. The minimum absolute atomic E-state index is 0.00841. The number of carbonyl (C=O) groups excluding carboxylic acids is 6. The van der Waals surface area contributed by atoms with Crippen molar-refractivity contribution in [2.75, 3.05) is 35.5 Å². The van der Waals surface area contributed by atoms with Crippen LogP contribution < -0.4 is 0 Å². The van der Waals surface area contributed by atoms with Gasteiger partial charge in [0.05, 0.1) is 41.5 Å². The predicted octanol–water partition coefficient (Wildman–Crippen LogP) is 2.09. The lowest BCUT2D eigenvalue weighted by molar-refractivity contribution is -0.173. The number of esters is 5. The Balaban J connectivity index is 3.51. The van der Waals surface area contributed by atoms with E-state index in [0.717, 1.165) is 28.4 Å². The Hall–Kier alpha value is -3.24. The molecule has 202 valence electrons. The zero-order valence-corrected chi connectivity index (χ0v) is 21.6. The van der Waals surface area contributed by atoms with Crippen molar-refractivity contribution in [3.8, 4) is 0 Å². The van der Waals surface area contributed by atoms with Crippen molar-refractivity contribution >= 4 is 35.6 Å². The highest BCUT2D eigenvalue weighted by Crippen LogP contribution is 2.38. The molecule has 0 saturated carbocycles. The molecule has 0 N–H and O–H groups in total. The van der Waals surface area contributed by atoms with Gasteiger partial charge in [-0.05, 0) is 32.1 Å². The molecule has 0 aromatic heterocycles. The number of allylic oxidation sites excluding steroid dienone is 2. The zero-order valence-electron chi connectivity index (χ0n) is 21.6. The number of Topliss-reactive ketones (excluding diaryl/α,β-unsaturated/α-hetero) is 1. The van der Waals surface area contributed by atoms with Gasteiger partial charge in [0.25, 0.3) is 0 Å². The zero-order chi connectivity index (χ0) is 27.4. The lowest BCUT2D eigenvalue weighted by Crippen LogP contribution is -2.42. The molecule has 0 aromatic rings. The molecule has 0 aliphatic heterocycles. The van der Waals surface area contributed by atoms with E-state index in [2.05, 4.69) is 0 Å². The first-order valence-electron chi connectivity index (χ1n) is 11.7. The Morgan fingerprint density at radius 2 is 1.17 bits per heavy atom. The molecule has 11 heteroatoms. The van der Waals surface area contributed by atoms with E-state index >= 15 is 0 Å². The summed E-state index contributed by atoms with van der Waals surface area (Å²) in [6.45, 7) is 0. The molecule has 1 atom stereocenters. The third-order valence-electron chi connectivity index (χ3n) is 6.65. The normalized spacial score (nSPS) is 21.5. The fraction of sp³-hybridized carbons (Fsp3) is 0.680. The van der Waals surface area contributed by atoms with Crippen molar-refractivity contribution in [2.24, 2.45) is 16.7 Å². The van der Waals surface area contributed by atoms with Crippen LogP contribution >= 0.6 is 0 Å². The number of rotatable bonds is 5. The van der Waals surface area contributed by atoms with E-state index in [1.54, 1.807) is 12.2 Å². The van der Waals surface area contributed by atoms with Crippen LogP contribution in [0.1, 0.15) is 57.8 Å². The molecule has 0 heterocycles. The summed E-state index contributed by atoms with van der Waals surface area (Å²) in [5, 5.41) is 0. The Morgan fingerprint density at radius 3 is 1.64 bits per heavy atom. The van der Waals surface area contributed by atoms with Gasteiger partial charge in [0.1, 0.15) is 5.78 Å². The molecule has 0 saturated heterocycles. The highest BCUT2D eigenvalue weighted by atomic mass is 16.6. The van der Waals surface area contributed by atoms with Gasteiger partial charge in [0.2, 0.25) is 0 Å². The van der Waals surface area contributed by atoms with E-state index in [1.807, 2.05) is 0 Å². The van der Waals surface area contributed by atoms with Crippen molar-refractivity contribution in [1.29, 1.82) is 0 Å². The summed E-state index contributed by atoms with van der Waals surface area (Å²) in [5.74, 6) is -5.10. The van der Waals surface area contributed by atoms with Crippen molar-refractivity contribution in [3.05, 3.63) is 12.2 Å². The number of ether oxygens (including phenoxy) is 5. The molecule has 1 unspecified atom stereocenters. The van der Waals surface area contributed by atoms with Crippen LogP contribution in [0, 0.1) is 16.7 Å². The second-order valence-corrected chi connectivity index (χ2v) is 8.71. The molecule has 1 aliphatic rings. The van der Waals surface area contributed by atoms with Crippen molar-refractivity contribution < 1.29 is 52.5 Å².